The summed E-state index contributed by atoms with van der Waals surface area (Å²) < 4.78 is 12.3. The van der Waals surface area contributed by atoms with Crippen molar-refractivity contribution in [1.82, 2.24) is 4.98 Å². The zero-order valence-electron chi connectivity index (χ0n) is 18.3. The highest BCUT2D eigenvalue weighted by Crippen LogP contribution is 2.35. The van der Waals surface area contributed by atoms with Crippen LogP contribution in [0.4, 0.5) is 5.13 Å². The molecule has 0 unspecified atom stereocenters. The molecule has 4 aromatic rings. The molecule has 4 rings (SSSR count). The Morgan fingerprint density at radius 1 is 0.875 bits per heavy atom. The fraction of sp³-hybridized carbons (Fsp3) is 0.231. The molecule has 5 nitrogen and oxygen atoms in total. The van der Waals surface area contributed by atoms with Gasteiger partial charge in [-0.05, 0) is 49.2 Å². The first-order valence-corrected chi connectivity index (χ1v) is 11.6. The minimum atomic E-state index is -0.00460. The molecule has 0 saturated carbocycles. The van der Waals surface area contributed by atoms with Crippen LogP contribution in [0, 0.1) is 0 Å². The summed E-state index contributed by atoms with van der Waals surface area (Å²) in [6.07, 6.45) is 0.285. The molecule has 1 heterocycles. The second-order valence-corrected chi connectivity index (χ2v) is 8.26. The van der Waals surface area contributed by atoms with E-state index in [1.54, 1.807) is 4.90 Å². The molecule has 0 spiro atoms. The molecule has 164 valence electrons. The molecule has 1 aromatic heterocycles. The van der Waals surface area contributed by atoms with E-state index in [4.69, 9.17) is 14.5 Å². The van der Waals surface area contributed by atoms with Crippen LogP contribution < -0.4 is 14.4 Å². The molecule has 0 aliphatic carbocycles. The molecular formula is C26H26N2O3S. The van der Waals surface area contributed by atoms with Gasteiger partial charge in [0, 0.05) is 0 Å². The van der Waals surface area contributed by atoms with Gasteiger partial charge < -0.3 is 9.47 Å². The Bertz CT molecular complexity index is 1170. The largest absolute Gasteiger partial charge is 0.494 e. The number of benzene rings is 3. The van der Waals surface area contributed by atoms with E-state index in [-0.39, 0.29) is 12.3 Å². The first kappa shape index (κ1) is 21.8. The number of amides is 1. The summed E-state index contributed by atoms with van der Waals surface area (Å²) in [7, 11) is 0. The van der Waals surface area contributed by atoms with Crippen LogP contribution in [0.3, 0.4) is 0 Å². The van der Waals surface area contributed by atoms with Crippen LogP contribution in [0.25, 0.3) is 10.2 Å². The van der Waals surface area contributed by atoms with E-state index in [0.717, 1.165) is 32.8 Å². The normalized spacial score (nSPS) is 10.8. The topological polar surface area (TPSA) is 51.7 Å². The lowest BCUT2D eigenvalue weighted by Gasteiger charge is -2.20. The number of carbonyl (C=O) groups excluding carboxylic acids is 1. The zero-order valence-corrected chi connectivity index (χ0v) is 19.1. The highest BCUT2D eigenvalue weighted by Gasteiger charge is 2.21. The average molecular weight is 447 g/mol. The van der Waals surface area contributed by atoms with Gasteiger partial charge in [0.05, 0.1) is 30.9 Å². The van der Waals surface area contributed by atoms with Crippen molar-refractivity contribution in [2.24, 2.45) is 0 Å². The SMILES string of the molecule is CCOc1ccc(CC(=O)N(Cc2ccccc2)c2nc3c(OCC)cccc3s2)cc1. The van der Waals surface area contributed by atoms with Gasteiger partial charge in [0.1, 0.15) is 17.0 Å². The van der Waals surface area contributed by atoms with Gasteiger partial charge in [-0.25, -0.2) is 4.98 Å². The van der Waals surface area contributed by atoms with Crippen molar-refractivity contribution < 1.29 is 14.3 Å². The Hall–Kier alpha value is -3.38. The average Bonchev–Trinajstić information content (AvgIpc) is 3.25. The number of carbonyl (C=O) groups is 1. The third kappa shape index (κ3) is 5.08. The summed E-state index contributed by atoms with van der Waals surface area (Å²) in [6.45, 7) is 5.55. The van der Waals surface area contributed by atoms with Gasteiger partial charge in [-0.3, -0.25) is 9.69 Å². The van der Waals surface area contributed by atoms with E-state index in [2.05, 4.69) is 0 Å². The summed E-state index contributed by atoms with van der Waals surface area (Å²) in [5.74, 6) is 1.54. The van der Waals surface area contributed by atoms with Crippen LogP contribution in [0.15, 0.2) is 72.8 Å². The molecule has 0 bridgehead atoms. The smallest absolute Gasteiger partial charge is 0.233 e. The van der Waals surface area contributed by atoms with Crippen LogP contribution in [0.5, 0.6) is 11.5 Å². The van der Waals surface area contributed by atoms with Gasteiger partial charge in [0.25, 0.3) is 0 Å². The quantitative estimate of drug-likeness (QED) is 0.323. The number of ether oxygens (including phenoxy) is 2. The zero-order chi connectivity index (χ0) is 22.3. The lowest BCUT2D eigenvalue weighted by atomic mass is 10.1. The van der Waals surface area contributed by atoms with Crippen molar-refractivity contribution >= 4 is 32.6 Å². The summed E-state index contributed by atoms with van der Waals surface area (Å²) in [5.41, 5.74) is 2.78. The molecular weight excluding hydrogens is 420 g/mol. The number of fused-ring (bicyclic) bond motifs is 1. The fourth-order valence-electron chi connectivity index (χ4n) is 3.47. The Kier molecular flexibility index (Phi) is 7.02. The molecule has 3 aromatic carbocycles. The molecule has 0 aliphatic heterocycles. The summed E-state index contributed by atoms with van der Waals surface area (Å²) >= 11 is 1.51. The van der Waals surface area contributed by atoms with Crippen molar-refractivity contribution in [3.8, 4) is 11.5 Å². The molecule has 0 aliphatic rings. The number of hydrogen-bond donors (Lipinski definition) is 0. The number of aromatic nitrogens is 1. The van der Waals surface area contributed by atoms with E-state index < -0.39 is 0 Å². The molecule has 0 atom stereocenters. The van der Waals surface area contributed by atoms with E-state index in [9.17, 15) is 4.79 Å². The van der Waals surface area contributed by atoms with Gasteiger partial charge in [-0.15, -0.1) is 0 Å². The molecule has 0 fully saturated rings. The lowest BCUT2D eigenvalue weighted by molar-refractivity contribution is -0.118. The van der Waals surface area contributed by atoms with Crippen LogP contribution in [0.1, 0.15) is 25.0 Å². The molecule has 0 N–H and O–H groups in total. The monoisotopic (exact) mass is 446 g/mol. The predicted molar refractivity (Wildman–Crippen MR) is 130 cm³/mol. The Balaban J connectivity index is 1.64. The highest BCUT2D eigenvalue weighted by molar-refractivity contribution is 7.22. The molecule has 0 radical (unpaired) electrons. The van der Waals surface area contributed by atoms with Crippen molar-refractivity contribution in [3.05, 3.63) is 83.9 Å². The standard InChI is InChI=1S/C26H26N2O3S/c1-3-30-21-15-13-19(14-16-21)17-24(29)28(18-20-9-6-5-7-10-20)26-27-25-22(31-4-2)11-8-12-23(25)32-26/h5-16H,3-4,17-18H2,1-2H3. The number of nitrogens with zero attached hydrogens (tertiary/aromatic N) is 2. The third-order valence-corrected chi connectivity index (χ3v) is 6.02. The van der Waals surface area contributed by atoms with Gasteiger partial charge in [-0.2, -0.15) is 0 Å². The maximum atomic E-state index is 13.4. The number of hydrogen-bond acceptors (Lipinski definition) is 5. The van der Waals surface area contributed by atoms with E-state index in [1.165, 1.54) is 11.3 Å². The fourth-order valence-corrected chi connectivity index (χ4v) is 4.47. The van der Waals surface area contributed by atoms with Crippen LogP contribution in [-0.4, -0.2) is 24.1 Å². The Labute approximate surface area is 192 Å². The van der Waals surface area contributed by atoms with Crippen molar-refractivity contribution in [3.63, 3.8) is 0 Å². The third-order valence-electron chi connectivity index (χ3n) is 4.98. The van der Waals surface area contributed by atoms with E-state index in [1.807, 2.05) is 86.6 Å². The highest BCUT2D eigenvalue weighted by atomic mass is 32.1. The second-order valence-electron chi connectivity index (χ2n) is 7.25. The van der Waals surface area contributed by atoms with Gasteiger partial charge in [0.15, 0.2) is 5.13 Å². The first-order valence-electron chi connectivity index (χ1n) is 10.8. The summed E-state index contributed by atoms with van der Waals surface area (Å²) in [6, 6.07) is 23.6. The lowest BCUT2D eigenvalue weighted by Crippen LogP contribution is -2.31. The Morgan fingerprint density at radius 3 is 2.34 bits per heavy atom. The van der Waals surface area contributed by atoms with Crippen molar-refractivity contribution in [1.29, 1.82) is 0 Å². The molecule has 1 amide bonds. The van der Waals surface area contributed by atoms with Crippen LogP contribution in [0.2, 0.25) is 0 Å². The maximum Gasteiger partial charge on any atom is 0.233 e. The van der Waals surface area contributed by atoms with Crippen molar-refractivity contribution in [2.45, 2.75) is 26.8 Å². The second kappa shape index (κ2) is 10.3. The maximum absolute atomic E-state index is 13.4. The van der Waals surface area contributed by atoms with Crippen molar-refractivity contribution in [2.75, 3.05) is 18.1 Å². The van der Waals surface area contributed by atoms with Gasteiger partial charge in [0.2, 0.25) is 5.91 Å². The number of para-hydroxylation sites is 1. The molecule has 0 saturated heterocycles. The number of anilines is 1. The minimum Gasteiger partial charge on any atom is -0.494 e. The predicted octanol–water partition coefficient (Wildman–Crippen LogP) is 5.87. The van der Waals surface area contributed by atoms with Crippen LogP contribution in [-0.2, 0) is 17.8 Å². The van der Waals surface area contributed by atoms with E-state index in [0.29, 0.717) is 24.9 Å². The first-order chi connectivity index (χ1) is 15.7. The van der Waals surface area contributed by atoms with Crippen LogP contribution >= 0.6 is 11.3 Å². The summed E-state index contributed by atoms with van der Waals surface area (Å²) in [5, 5.41) is 0.673. The molecule has 32 heavy (non-hydrogen) atoms. The molecule has 6 heteroatoms. The number of rotatable bonds is 9. The van der Waals surface area contributed by atoms with E-state index >= 15 is 0 Å². The van der Waals surface area contributed by atoms with Gasteiger partial charge >= 0.3 is 0 Å². The summed E-state index contributed by atoms with van der Waals surface area (Å²) in [4.78, 5) is 20.0. The van der Waals surface area contributed by atoms with Gasteiger partial charge in [-0.1, -0.05) is 59.9 Å². The number of thiazole rings is 1. The minimum absolute atomic E-state index is 0.00460. The Morgan fingerprint density at radius 2 is 1.62 bits per heavy atom.